The number of rotatable bonds is 6. The van der Waals surface area contributed by atoms with Crippen LogP contribution in [-0.2, 0) is 0 Å². The van der Waals surface area contributed by atoms with Crippen molar-refractivity contribution in [3.8, 4) is 0 Å². The number of nitrogens with zero attached hydrogens (tertiary/aromatic N) is 1. The Labute approximate surface area is 102 Å². The summed E-state index contributed by atoms with van der Waals surface area (Å²) in [5.41, 5.74) is 0. The van der Waals surface area contributed by atoms with Crippen LogP contribution in [0.5, 0.6) is 0 Å². The lowest BCUT2D eigenvalue weighted by Gasteiger charge is -2.42. The standard InChI is InChI=1S/C14H30N2/c1-5-7-8-9-14(6-2)16-11-12(3)10-15-13(16)4/h12-15H,5-11H2,1-4H3. The zero-order chi connectivity index (χ0) is 12.0. The highest BCUT2D eigenvalue weighted by atomic mass is 15.3. The number of hydrogen-bond acceptors (Lipinski definition) is 2. The van der Waals surface area contributed by atoms with E-state index in [0.717, 1.165) is 12.0 Å². The molecule has 16 heavy (non-hydrogen) atoms. The van der Waals surface area contributed by atoms with Gasteiger partial charge in [0.25, 0.3) is 0 Å². The van der Waals surface area contributed by atoms with Crippen LogP contribution in [-0.4, -0.2) is 30.2 Å². The Morgan fingerprint density at radius 2 is 2.00 bits per heavy atom. The average molecular weight is 226 g/mol. The van der Waals surface area contributed by atoms with E-state index < -0.39 is 0 Å². The van der Waals surface area contributed by atoms with Gasteiger partial charge in [-0.1, -0.05) is 40.0 Å². The van der Waals surface area contributed by atoms with Crippen molar-refractivity contribution in [2.75, 3.05) is 13.1 Å². The Morgan fingerprint density at radius 1 is 1.25 bits per heavy atom. The lowest BCUT2D eigenvalue weighted by Crippen LogP contribution is -2.56. The largest absolute Gasteiger partial charge is 0.302 e. The number of nitrogens with one attached hydrogen (secondary N) is 1. The third-order valence-corrected chi connectivity index (χ3v) is 3.86. The second kappa shape index (κ2) is 7.29. The van der Waals surface area contributed by atoms with E-state index >= 15 is 0 Å². The van der Waals surface area contributed by atoms with E-state index in [1.807, 2.05) is 0 Å². The van der Waals surface area contributed by atoms with Gasteiger partial charge in [-0.25, -0.2) is 0 Å². The van der Waals surface area contributed by atoms with Crippen LogP contribution in [0, 0.1) is 5.92 Å². The van der Waals surface area contributed by atoms with Crippen molar-refractivity contribution in [3.63, 3.8) is 0 Å². The average Bonchev–Trinajstić information content (AvgIpc) is 2.28. The normalized spacial score (nSPS) is 29.2. The summed E-state index contributed by atoms with van der Waals surface area (Å²) in [7, 11) is 0. The molecular formula is C14H30N2. The fourth-order valence-corrected chi connectivity index (χ4v) is 2.77. The fraction of sp³-hybridized carbons (Fsp3) is 1.00. The molecule has 0 spiro atoms. The molecule has 1 aliphatic rings. The second-order valence-corrected chi connectivity index (χ2v) is 5.44. The Morgan fingerprint density at radius 3 is 2.62 bits per heavy atom. The topological polar surface area (TPSA) is 15.3 Å². The molecule has 0 radical (unpaired) electrons. The summed E-state index contributed by atoms with van der Waals surface area (Å²) in [6, 6.07) is 0.789. The molecule has 96 valence electrons. The molecule has 0 aromatic carbocycles. The Hall–Kier alpha value is -0.0800. The first-order valence-corrected chi connectivity index (χ1v) is 7.18. The molecule has 0 bridgehead atoms. The van der Waals surface area contributed by atoms with Gasteiger partial charge in [-0.15, -0.1) is 0 Å². The summed E-state index contributed by atoms with van der Waals surface area (Å²) < 4.78 is 0. The molecule has 0 aliphatic carbocycles. The van der Waals surface area contributed by atoms with Crippen molar-refractivity contribution in [1.82, 2.24) is 10.2 Å². The summed E-state index contributed by atoms with van der Waals surface area (Å²) in [5, 5.41) is 3.61. The molecule has 2 nitrogen and oxygen atoms in total. The molecule has 3 unspecified atom stereocenters. The van der Waals surface area contributed by atoms with E-state index in [1.54, 1.807) is 0 Å². The third kappa shape index (κ3) is 4.06. The molecule has 1 fully saturated rings. The molecule has 1 heterocycles. The maximum Gasteiger partial charge on any atom is 0.0570 e. The predicted octanol–water partition coefficient (Wildman–Crippen LogP) is 3.23. The van der Waals surface area contributed by atoms with E-state index in [4.69, 9.17) is 0 Å². The van der Waals surface area contributed by atoms with Crippen LogP contribution in [0.2, 0.25) is 0 Å². The molecule has 1 rings (SSSR count). The summed E-state index contributed by atoms with van der Waals surface area (Å²) in [6.45, 7) is 11.7. The Balaban J connectivity index is 2.42. The zero-order valence-corrected chi connectivity index (χ0v) is 11.6. The molecule has 0 amide bonds. The molecule has 0 saturated carbocycles. The Bertz CT molecular complexity index is 182. The predicted molar refractivity (Wildman–Crippen MR) is 71.6 cm³/mol. The quantitative estimate of drug-likeness (QED) is 0.700. The molecule has 1 aliphatic heterocycles. The van der Waals surface area contributed by atoms with E-state index in [9.17, 15) is 0 Å². The summed E-state index contributed by atoms with van der Waals surface area (Å²) in [6.07, 6.45) is 7.36. The zero-order valence-electron chi connectivity index (χ0n) is 11.6. The highest BCUT2D eigenvalue weighted by Crippen LogP contribution is 2.19. The van der Waals surface area contributed by atoms with Gasteiger partial charge in [0, 0.05) is 19.1 Å². The van der Waals surface area contributed by atoms with Crippen molar-refractivity contribution in [2.24, 2.45) is 5.92 Å². The van der Waals surface area contributed by atoms with Gasteiger partial charge in [-0.3, -0.25) is 4.90 Å². The number of unbranched alkanes of at least 4 members (excludes halogenated alkanes) is 2. The lowest BCUT2D eigenvalue weighted by molar-refractivity contribution is 0.0580. The van der Waals surface area contributed by atoms with Crippen molar-refractivity contribution in [2.45, 2.75) is 72.0 Å². The van der Waals surface area contributed by atoms with Crippen LogP contribution < -0.4 is 5.32 Å². The highest BCUT2D eigenvalue weighted by Gasteiger charge is 2.27. The van der Waals surface area contributed by atoms with Gasteiger partial charge >= 0.3 is 0 Å². The van der Waals surface area contributed by atoms with Gasteiger partial charge in [0.1, 0.15) is 0 Å². The smallest absolute Gasteiger partial charge is 0.0570 e. The van der Waals surface area contributed by atoms with Gasteiger partial charge < -0.3 is 5.32 Å². The van der Waals surface area contributed by atoms with E-state index in [2.05, 4.69) is 37.9 Å². The molecule has 1 N–H and O–H groups in total. The third-order valence-electron chi connectivity index (χ3n) is 3.86. The van der Waals surface area contributed by atoms with Crippen LogP contribution in [0.15, 0.2) is 0 Å². The molecule has 0 aromatic heterocycles. The second-order valence-electron chi connectivity index (χ2n) is 5.44. The summed E-state index contributed by atoms with van der Waals surface area (Å²) in [5.74, 6) is 0.802. The van der Waals surface area contributed by atoms with Crippen LogP contribution in [0.1, 0.15) is 59.8 Å². The fourth-order valence-electron chi connectivity index (χ4n) is 2.77. The lowest BCUT2D eigenvalue weighted by atomic mass is 10.00. The first kappa shape index (κ1) is 14.0. The van der Waals surface area contributed by atoms with Crippen molar-refractivity contribution in [3.05, 3.63) is 0 Å². The first-order valence-electron chi connectivity index (χ1n) is 7.18. The first-order chi connectivity index (χ1) is 7.69. The van der Waals surface area contributed by atoms with Crippen LogP contribution in [0.3, 0.4) is 0 Å². The van der Waals surface area contributed by atoms with Crippen LogP contribution in [0.25, 0.3) is 0 Å². The van der Waals surface area contributed by atoms with E-state index in [1.165, 1.54) is 45.2 Å². The molecular weight excluding hydrogens is 196 g/mol. The van der Waals surface area contributed by atoms with Crippen LogP contribution >= 0.6 is 0 Å². The summed E-state index contributed by atoms with van der Waals surface area (Å²) in [4.78, 5) is 2.68. The van der Waals surface area contributed by atoms with E-state index in [0.29, 0.717) is 6.17 Å². The van der Waals surface area contributed by atoms with Gasteiger partial charge in [0.2, 0.25) is 0 Å². The maximum absolute atomic E-state index is 3.61. The van der Waals surface area contributed by atoms with Gasteiger partial charge in [-0.05, 0) is 25.7 Å². The minimum atomic E-state index is 0.572. The van der Waals surface area contributed by atoms with Gasteiger partial charge in [0.05, 0.1) is 6.17 Å². The van der Waals surface area contributed by atoms with Crippen molar-refractivity contribution < 1.29 is 0 Å². The maximum atomic E-state index is 3.61. The van der Waals surface area contributed by atoms with Gasteiger partial charge in [0.15, 0.2) is 0 Å². The molecule has 2 heteroatoms. The van der Waals surface area contributed by atoms with Crippen molar-refractivity contribution in [1.29, 1.82) is 0 Å². The Kier molecular flexibility index (Phi) is 6.37. The van der Waals surface area contributed by atoms with Crippen molar-refractivity contribution >= 4 is 0 Å². The minimum Gasteiger partial charge on any atom is -0.302 e. The van der Waals surface area contributed by atoms with E-state index in [-0.39, 0.29) is 0 Å². The SMILES string of the molecule is CCCCCC(CC)N1CC(C)CNC1C. The molecule has 3 atom stereocenters. The monoisotopic (exact) mass is 226 g/mol. The minimum absolute atomic E-state index is 0.572. The van der Waals surface area contributed by atoms with Gasteiger partial charge in [-0.2, -0.15) is 0 Å². The number of hydrogen-bond donors (Lipinski definition) is 1. The highest BCUT2D eigenvalue weighted by molar-refractivity contribution is 4.81. The molecule has 1 saturated heterocycles. The molecule has 0 aromatic rings. The van der Waals surface area contributed by atoms with Crippen LogP contribution in [0.4, 0.5) is 0 Å². The summed E-state index contributed by atoms with van der Waals surface area (Å²) >= 11 is 0.